The van der Waals surface area contributed by atoms with Crippen LogP contribution < -0.4 is 4.74 Å². The molecule has 0 aromatic heterocycles. The summed E-state index contributed by atoms with van der Waals surface area (Å²) in [5, 5.41) is 37.9. The van der Waals surface area contributed by atoms with E-state index in [1.165, 1.54) is 13.2 Å². The quantitative estimate of drug-likeness (QED) is 0.838. The van der Waals surface area contributed by atoms with Crippen molar-refractivity contribution in [3.8, 4) is 24.0 Å². The minimum absolute atomic E-state index is 0.448. The van der Waals surface area contributed by atoms with Gasteiger partial charge in [-0.15, -0.1) is 6.58 Å². The fourth-order valence-corrected chi connectivity index (χ4v) is 3.94. The first-order chi connectivity index (χ1) is 12.4. The number of hydrogen-bond acceptors (Lipinski definition) is 7. The monoisotopic (exact) mass is 348 g/mol. The Morgan fingerprint density at radius 2 is 1.81 bits per heavy atom. The third-order valence-electron chi connectivity index (χ3n) is 5.42. The standard InChI is InChI=1S/C19H16N4O3/c1-4-15-17(9-20,10-21)18(11-22)12(2)19(25-15,26-16(18)23)13-5-7-14(24-3)8-6-13/h4-8,12,15,23H,1H2,2-3H3. The molecule has 0 aliphatic carbocycles. The van der Waals surface area contributed by atoms with Gasteiger partial charge in [0.1, 0.15) is 11.9 Å². The molecule has 0 radical (unpaired) electrons. The number of ether oxygens (including phenoxy) is 3. The molecule has 1 aromatic carbocycles. The maximum absolute atomic E-state index is 9.98. The number of fused-ring (bicyclic) bond motifs is 2. The van der Waals surface area contributed by atoms with Crippen molar-refractivity contribution in [3.05, 3.63) is 42.5 Å². The van der Waals surface area contributed by atoms with Crippen LogP contribution in [-0.4, -0.2) is 19.1 Å². The van der Waals surface area contributed by atoms with E-state index in [-0.39, 0.29) is 0 Å². The van der Waals surface area contributed by atoms with Gasteiger partial charge in [-0.05, 0) is 24.3 Å². The molecular formula is C19H16N4O3. The first-order valence-electron chi connectivity index (χ1n) is 7.89. The highest BCUT2D eigenvalue weighted by atomic mass is 16.7. The van der Waals surface area contributed by atoms with E-state index in [1.807, 2.05) is 18.2 Å². The van der Waals surface area contributed by atoms with Gasteiger partial charge in [0, 0.05) is 5.56 Å². The maximum atomic E-state index is 9.98. The molecule has 7 nitrogen and oxygen atoms in total. The Kier molecular flexibility index (Phi) is 3.76. The van der Waals surface area contributed by atoms with Crippen LogP contribution in [0.15, 0.2) is 36.9 Å². The molecule has 1 aromatic rings. The molecule has 2 aliphatic heterocycles. The van der Waals surface area contributed by atoms with Crippen LogP contribution in [0, 0.1) is 56.2 Å². The average molecular weight is 348 g/mol. The average Bonchev–Trinajstić information content (AvgIpc) is 2.84. The number of nitrogens with one attached hydrogen (secondary N) is 1. The lowest BCUT2D eigenvalue weighted by molar-refractivity contribution is -0.273. The molecule has 1 N–H and O–H groups in total. The summed E-state index contributed by atoms with van der Waals surface area (Å²) < 4.78 is 17.0. The zero-order valence-electron chi connectivity index (χ0n) is 14.3. The molecule has 2 bridgehead atoms. The van der Waals surface area contributed by atoms with Crippen LogP contribution in [0.25, 0.3) is 0 Å². The van der Waals surface area contributed by atoms with Gasteiger partial charge in [0.25, 0.3) is 0 Å². The topological polar surface area (TPSA) is 123 Å². The van der Waals surface area contributed by atoms with Crippen LogP contribution in [0.2, 0.25) is 0 Å². The second-order valence-electron chi connectivity index (χ2n) is 6.27. The van der Waals surface area contributed by atoms with E-state index in [9.17, 15) is 15.8 Å². The molecule has 2 fully saturated rings. The Balaban J connectivity index is 2.28. The Bertz CT molecular complexity index is 891. The lowest BCUT2D eigenvalue weighted by atomic mass is 9.54. The number of hydrogen-bond donors (Lipinski definition) is 1. The van der Waals surface area contributed by atoms with Gasteiger partial charge in [0.05, 0.1) is 31.2 Å². The molecule has 2 heterocycles. The van der Waals surface area contributed by atoms with Crippen LogP contribution in [0.3, 0.4) is 0 Å². The minimum Gasteiger partial charge on any atom is -0.497 e. The lowest BCUT2D eigenvalue weighted by Gasteiger charge is -2.47. The number of nitriles is 3. The van der Waals surface area contributed by atoms with E-state index in [2.05, 4.69) is 6.58 Å². The smallest absolute Gasteiger partial charge is 0.244 e. The van der Waals surface area contributed by atoms with Crippen LogP contribution in [0.5, 0.6) is 5.75 Å². The molecule has 7 heteroatoms. The summed E-state index contributed by atoms with van der Waals surface area (Å²) in [6, 6.07) is 12.7. The van der Waals surface area contributed by atoms with Gasteiger partial charge in [0.15, 0.2) is 5.41 Å². The van der Waals surface area contributed by atoms with E-state index < -0.39 is 34.5 Å². The molecular weight excluding hydrogens is 332 g/mol. The molecule has 3 rings (SSSR count). The highest BCUT2D eigenvalue weighted by Crippen LogP contribution is 2.65. The van der Waals surface area contributed by atoms with Crippen molar-refractivity contribution in [1.29, 1.82) is 21.2 Å². The van der Waals surface area contributed by atoms with Gasteiger partial charge >= 0.3 is 0 Å². The van der Waals surface area contributed by atoms with Crippen LogP contribution in [0.1, 0.15) is 12.5 Å². The third-order valence-corrected chi connectivity index (χ3v) is 5.42. The summed E-state index contributed by atoms with van der Waals surface area (Å²) in [6.45, 7) is 5.31. The predicted molar refractivity (Wildman–Crippen MR) is 89.4 cm³/mol. The van der Waals surface area contributed by atoms with Crippen LogP contribution in [0.4, 0.5) is 0 Å². The SMILES string of the molecule is C=CC1OC2(c3ccc(OC)cc3)OC(=N)C(C#N)(C2C)C1(C#N)C#N. The van der Waals surface area contributed by atoms with Crippen LogP contribution in [-0.2, 0) is 15.3 Å². The highest BCUT2D eigenvalue weighted by molar-refractivity contribution is 5.89. The van der Waals surface area contributed by atoms with Gasteiger partial charge in [0.2, 0.25) is 17.1 Å². The second-order valence-corrected chi connectivity index (χ2v) is 6.27. The largest absolute Gasteiger partial charge is 0.497 e. The summed E-state index contributed by atoms with van der Waals surface area (Å²) in [4.78, 5) is 0. The number of methoxy groups -OCH3 is 1. The van der Waals surface area contributed by atoms with Crippen molar-refractivity contribution < 1.29 is 14.2 Å². The van der Waals surface area contributed by atoms with E-state index in [0.717, 1.165) is 0 Å². The van der Waals surface area contributed by atoms with E-state index in [1.54, 1.807) is 31.2 Å². The second kappa shape index (κ2) is 5.59. The van der Waals surface area contributed by atoms with E-state index in [0.29, 0.717) is 11.3 Å². The van der Waals surface area contributed by atoms with Gasteiger partial charge in [-0.2, -0.15) is 15.8 Å². The van der Waals surface area contributed by atoms with Crippen LogP contribution >= 0.6 is 0 Å². The Hall–Kier alpha value is -3.34. The molecule has 130 valence electrons. The van der Waals surface area contributed by atoms with E-state index in [4.69, 9.17) is 19.6 Å². The van der Waals surface area contributed by atoms with Gasteiger partial charge in [-0.1, -0.05) is 13.0 Å². The zero-order valence-corrected chi connectivity index (χ0v) is 14.3. The van der Waals surface area contributed by atoms with Crippen molar-refractivity contribution in [2.24, 2.45) is 16.7 Å². The van der Waals surface area contributed by atoms with Crippen molar-refractivity contribution in [3.63, 3.8) is 0 Å². The maximum Gasteiger partial charge on any atom is 0.244 e. The normalized spacial score (nSPS) is 33.9. The first kappa shape index (κ1) is 17.5. The molecule has 0 amide bonds. The first-order valence-corrected chi connectivity index (χ1v) is 7.89. The molecule has 0 saturated carbocycles. The van der Waals surface area contributed by atoms with Gasteiger partial charge in [-0.3, -0.25) is 5.41 Å². The highest BCUT2D eigenvalue weighted by Gasteiger charge is 2.79. The lowest BCUT2D eigenvalue weighted by Crippen LogP contribution is -2.60. The summed E-state index contributed by atoms with van der Waals surface area (Å²) >= 11 is 0. The molecule has 4 atom stereocenters. The Labute approximate surface area is 151 Å². The van der Waals surface area contributed by atoms with E-state index >= 15 is 0 Å². The number of rotatable bonds is 3. The summed E-state index contributed by atoms with van der Waals surface area (Å²) in [5.41, 5.74) is -3.16. The summed E-state index contributed by atoms with van der Waals surface area (Å²) in [7, 11) is 1.54. The third kappa shape index (κ3) is 1.69. The molecule has 0 spiro atoms. The fraction of sp³-hybridized carbons (Fsp3) is 0.368. The van der Waals surface area contributed by atoms with Crippen molar-refractivity contribution in [2.75, 3.05) is 7.11 Å². The van der Waals surface area contributed by atoms with Gasteiger partial charge in [-0.25, -0.2) is 0 Å². The minimum atomic E-state index is -1.94. The Morgan fingerprint density at radius 3 is 2.27 bits per heavy atom. The predicted octanol–water partition coefficient (Wildman–Crippen LogP) is 2.62. The summed E-state index contributed by atoms with van der Waals surface area (Å²) in [5.74, 6) is -2.08. The molecule has 26 heavy (non-hydrogen) atoms. The summed E-state index contributed by atoms with van der Waals surface area (Å²) in [6.07, 6.45) is 0.197. The molecule has 4 unspecified atom stereocenters. The number of nitrogens with zero attached hydrogens (tertiary/aromatic N) is 3. The van der Waals surface area contributed by atoms with Crippen molar-refractivity contribution in [2.45, 2.75) is 18.8 Å². The van der Waals surface area contributed by atoms with Gasteiger partial charge < -0.3 is 14.2 Å². The Morgan fingerprint density at radius 1 is 1.19 bits per heavy atom. The number of benzene rings is 1. The molecule has 2 saturated heterocycles. The van der Waals surface area contributed by atoms with Crippen molar-refractivity contribution >= 4 is 5.90 Å². The molecule has 2 aliphatic rings. The fourth-order valence-electron chi connectivity index (χ4n) is 3.94. The van der Waals surface area contributed by atoms with Crippen molar-refractivity contribution in [1.82, 2.24) is 0 Å². The zero-order chi connectivity index (χ0) is 19.2.